The van der Waals surface area contributed by atoms with Gasteiger partial charge in [0.05, 0.1) is 0 Å². The first-order chi connectivity index (χ1) is 6.56. The number of rotatable bonds is 3. The molecule has 1 rings (SSSR count). The third-order valence-electron chi connectivity index (χ3n) is 2.40. The van der Waals surface area contributed by atoms with Gasteiger partial charge in [0.2, 0.25) is 0 Å². The highest BCUT2D eigenvalue weighted by Gasteiger charge is 2.11. The normalized spacial score (nSPS) is 12.9. The smallest absolute Gasteiger partial charge is 0.161 e. The number of benzene rings is 1. The molecule has 78 valence electrons. The summed E-state index contributed by atoms with van der Waals surface area (Å²) >= 11 is 0. The van der Waals surface area contributed by atoms with Crippen LogP contribution in [0.1, 0.15) is 30.4 Å². The van der Waals surface area contributed by atoms with Gasteiger partial charge in [0.25, 0.3) is 0 Å². The molecule has 0 amide bonds. The molecule has 1 unspecified atom stereocenters. The summed E-state index contributed by atoms with van der Waals surface area (Å²) < 4.78 is 26.0. The van der Waals surface area contributed by atoms with E-state index >= 15 is 0 Å². The minimum Gasteiger partial charge on any atom is -0.330 e. The Balaban J connectivity index is 3.00. The molecule has 0 saturated carbocycles. The van der Waals surface area contributed by atoms with Gasteiger partial charge in [-0.3, -0.25) is 0 Å². The summed E-state index contributed by atoms with van der Waals surface area (Å²) in [6.07, 6.45) is 0.782. The van der Waals surface area contributed by atoms with Gasteiger partial charge in [-0.05, 0) is 43.0 Å². The van der Waals surface area contributed by atoms with Crippen molar-refractivity contribution in [1.82, 2.24) is 0 Å². The third-order valence-corrected chi connectivity index (χ3v) is 2.40. The number of halogens is 2. The summed E-state index contributed by atoms with van der Waals surface area (Å²) in [5.41, 5.74) is 6.57. The van der Waals surface area contributed by atoms with Crippen molar-refractivity contribution in [2.75, 3.05) is 6.54 Å². The van der Waals surface area contributed by atoms with Gasteiger partial charge in [0.15, 0.2) is 11.6 Å². The van der Waals surface area contributed by atoms with E-state index in [0.717, 1.165) is 12.0 Å². The van der Waals surface area contributed by atoms with Crippen molar-refractivity contribution in [2.24, 2.45) is 5.73 Å². The lowest BCUT2D eigenvalue weighted by atomic mass is 9.96. The van der Waals surface area contributed by atoms with Gasteiger partial charge in [-0.25, -0.2) is 8.78 Å². The maximum Gasteiger partial charge on any atom is 0.161 e. The summed E-state index contributed by atoms with van der Waals surface area (Å²) in [6, 6.07) is 2.93. The van der Waals surface area contributed by atoms with Crippen molar-refractivity contribution >= 4 is 0 Å². The number of nitrogens with two attached hydrogens (primary N) is 1. The molecule has 0 fully saturated rings. The summed E-state index contributed by atoms with van der Waals surface area (Å²) in [6.45, 7) is 4.08. The molecule has 0 spiro atoms. The molecular weight excluding hydrogens is 184 g/mol. The second kappa shape index (κ2) is 4.51. The summed E-state index contributed by atoms with van der Waals surface area (Å²) in [5, 5.41) is 0. The van der Waals surface area contributed by atoms with E-state index in [9.17, 15) is 8.78 Å². The molecule has 0 aliphatic rings. The molecule has 1 nitrogen and oxygen atoms in total. The molecule has 0 aliphatic carbocycles. The SMILES string of the molecule is Cc1cc(C(C)CCN)cc(F)c1F. The predicted octanol–water partition coefficient (Wildman–Crippen LogP) is 2.73. The van der Waals surface area contributed by atoms with Gasteiger partial charge in [0, 0.05) is 0 Å². The molecule has 1 aromatic rings. The fraction of sp³-hybridized carbons (Fsp3) is 0.455. The van der Waals surface area contributed by atoms with Crippen LogP contribution < -0.4 is 5.73 Å². The molecule has 0 radical (unpaired) electrons. The third kappa shape index (κ3) is 2.29. The van der Waals surface area contributed by atoms with Crippen molar-refractivity contribution in [3.05, 3.63) is 34.9 Å². The van der Waals surface area contributed by atoms with E-state index in [0.29, 0.717) is 12.1 Å². The quantitative estimate of drug-likeness (QED) is 0.795. The lowest BCUT2D eigenvalue weighted by Crippen LogP contribution is -2.05. The Morgan fingerprint density at radius 2 is 2.00 bits per heavy atom. The average molecular weight is 199 g/mol. The Kier molecular flexibility index (Phi) is 3.58. The Labute approximate surface area is 82.9 Å². The number of hydrogen-bond donors (Lipinski definition) is 1. The lowest BCUT2D eigenvalue weighted by molar-refractivity contribution is 0.499. The molecule has 0 bridgehead atoms. The van der Waals surface area contributed by atoms with Crippen LogP contribution in [0.3, 0.4) is 0 Å². The molecular formula is C11H15F2N. The van der Waals surface area contributed by atoms with Crippen LogP contribution in [-0.4, -0.2) is 6.54 Å². The minimum absolute atomic E-state index is 0.175. The Bertz CT molecular complexity index is 300. The second-order valence-electron chi connectivity index (χ2n) is 3.61. The molecule has 1 atom stereocenters. The predicted molar refractivity (Wildman–Crippen MR) is 53.2 cm³/mol. The molecule has 3 heteroatoms. The fourth-order valence-electron chi connectivity index (χ4n) is 1.45. The standard InChI is InChI=1S/C11H15F2N/c1-7(3-4-14)9-5-8(2)11(13)10(12)6-9/h5-7H,3-4,14H2,1-2H3. The van der Waals surface area contributed by atoms with Crippen molar-refractivity contribution in [3.8, 4) is 0 Å². The largest absolute Gasteiger partial charge is 0.330 e. The van der Waals surface area contributed by atoms with Crippen LogP contribution in [-0.2, 0) is 0 Å². The van der Waals surface area contributed by atoms with Crippen LogP contribution in [0.25, 0.3) is 0 Å². The molecule has 0 aliphatic heterocycles. The Morgan fingerprint density at radius 3 is 2.50 bits per heavy atom. The van der Waals surface area contributed by atoms with E-state index in [1.165, 1.54) is 6.07 Å². The van der Waals surface area contributed by atoms with Crippen molar-refractivity contribution in [1.29, 1.82) is 0 Å². The van der Waals surface area contributed by atoms with Gasteiger partial charge < -0.3 is 5.73 Å². The molecule has 2 N–H and O–H groups in total. The highest BCUT2D eigenvalue weighted by molar-refractivity contribution is 5.27. The number of hydrogen-bond acceptors (Lipinski definition) is 1. The van der Waals surface area contributed by atoms with Gasteiger partial charge in [-0.15, -0.1) is 0 Å². The summed E-state index contributed by atoms with van der Waals surface area (Å²) in [7, 11) is 0. The van der Waals surface area contributed by atoms with Gasteiger partial charge in [-0.2, -0.15) is 0 Å². The zero-order valence-corrected chi connectivity index (χ0v) is 8.48. The van der Waals surface area contributed by atoms with Crippen molar-refractivity contribution in [3.63, 3.8) is 0 Å². The monoisotopic (exact) mass is 199 g/mol. The first-order valence-corrected chi connectivity index (χ1v) is 4.72. The van der Waals surface area contributed by atoms with Crippen LogP contribution in [0.4, 0.5) is 8.78 Å². The molecule has 0 saturated heterocycles. The van der Waals surface area contributed by atoms with Crippen LogP contribution in [0.5, 0.6) is 0 Å². The maximum atomic E-state index is 13.0. The lowest BCUT2D eigenvalue weighted by Gasteiger charge is -2.11. The summed E-state index contributed by atoms with van der Waals surface area (Å²) in [5.74, 6) is -1.36. The number of aryl methyl sites for hydroxylation is 1. The van der Waals surface area contributed by atoms with Crippen molar-refractivity contribution in [2.45, 2.75) is 26.2 Å². The summed E-state index contributed by atoms with van der Waals surface area (Å²) in [4.78, 5) is 0. The minimum atomic E-state index is -0.774. The molecule has 1 aromatic carbocycles. The Morgan fingerprint density at radius 1 is 1.36 bits per heavy atom. The maximum absolute atomic E-state index is 13.0. The van der Waals surface area contributed by atoms with Gasteiger partial charge in [-0.1, -0.05) is 13.0 Å². The van der Waals surface area contributed by atoms with E-state index in [1.807, 2.05) is 6.92 Å². The average Bonchev–Trinajstić information content (AvgIpc) is 2.13. The molecule has 0 aromatic heterocycles. The van der Waals surface area contributed by atoms with E-state index in [2.05, 4.69) is 0 Å². The van der Waals surface area contributed by atoms with E-state index in [-0.39, 0.29) is 5.92 Å². The fourth-order valence-corrected chi connectivity index (χ4v) is 1.45. The zero-order chi connectivity index (χ0) is 10.7. The highest BCUT2D eigenvalue weighted by Crippen LogP contribution is 2.22. The van der Waals surface area contributed by atoms with Crippen molar-refractivity contribution < 1.29 is 8.78 Å². The molecule has 14 heavy (non-hydrogen) atoms. The van der Waals surface area contributed by atoms with Crippen LogP contribution >= 0.6 is 0 Å². The van der Waals surface area contributed by atoms with Crippen LogP contribution in [0.2, 0.25) is 0 Å². The van der Waals surface area contributed by atoms with Gasteiger partial charge >= 0.3 is 0 Å². The highest BCUT2D eigenvalue weighted by atomic mass is 19.2. The van der Waals surface area contributed by atoms with Crippen LogP contribution in [0.15, 0.2) is 12.1 Å². The zero-order valence-electron chi connectivity index (χ0n) is 8.48. The Hall–Kier alpha value is -0.960. The van der Waals surface area contributed by atoms with E-state index in [4.69, 9.17) is 5.73 Å². The van der Waals surface area contributed by atoms with E-state index in [1.54, 1.807) is 13.0 Å². The van der Waals surface area contributed by atoms with E-state index < -0.39 is 11.6 Å². The first-order valence-electron chi connectivity index (χ1n) is 4.72. The van der Waals surface area contributed by atoms with Crippen LogP contribution in [0, 0.1) is 18.6 Å². The topological polar surface area (TPSA) is 26.0 Å². The van der Waals surface area contributed by atoms with Gasteiger partial charge in [0.1, 0.15) is 0 Å². The second-order valence-corrected chi connectivity index (χ2v) is 3.61. The first kappa shape index (κ1) is 11.1. The molecule has 0 heterocycles.